The van der Waals surface area contributed by atoms with Crippen molar-refractivity contribution in [2.24, 2.45) is 11.1 Å². The summed E-state index contributed by atoms with van der Waals surface area (Å²) >= 11 is 0. The quantitative estimate of drug-likeness (QED) is 0.855. The molecule has 0 fully saturated rings. The van der Waals surface area contributed by atoms with Crippen LogP contribution in [-0.4, -0.2) is 16.7 Å². The van der Waals surface area contributed by atoms with Gasteiger partial charge in [0, 0.05) is 12.5 Å². The number of rotatable bonds is 4. The standard InChI is InChI=1S/C12H23N3O/c1-8(2)10-14-11(16-15-10)9(7-13)6-12(3,4)5/h8-9H,6-7,13H2,1-5H3. The lowest BCUT2D eigenvalue weighted by molar-refractivity contribution is 0.286. The topological polar surface area (TPSA) is 64.9 Å². The van der Waals surface area contributed by atoms with Gasteiger partial charge >= 0.3 is 0 Å². The molecule has 1 atom stereocenters. The highest BCUT2D eigenvalue weighted by molar-refractivity contribution is 4.98. The van der Waals surface area contributed by atoms with Crippen molar-refractivity contribution < 1.29 is 4.52 Å². The van der Waals surface area contributed by atoms with Crippen LogP contribution in [0, 0.1) is 5.41 Å². The molecular weight excluding hydrogens is 202 g/mol. The minimum Gasteiger partial charge on any atom is -0.339 e. The second-order valence-electron chi connectivity index (χ2n) is 5.84. The van der Waals surface area contributed by atoms with Gasteiger partial charge in [-0.3, -0.25) is 0 Å². The first-order chi connectivity index (χ1) is 7.33. The maximum atomic E-state index is 5.77. The van der Waals surface area contributed by atoms with E-state index in [0.717, 1.165) is 12.2 Å². The molecule has 1 heterocycles. The van der Waals surface area contributed by atoms with E-state index in [1.165, 1.54) is 0 Å². The molecule has 1 rings (SSSR count). The van der Waals surface area contributed by atoms with Gasteiger partial charge in [0.15, 0.2) is 5.82 Å². The zero-order valence-electron chi connectivity index (χ0n) is 10.9. The largest absolute Gasteiger partial charge is 0.339 e. The van der Waals surface area contributed by atoms with Gasteiger partial charge in [0.05, 0.1) is 5.92 Å². The number of nitrogens with two attached hydrogens (primary N) is 1. The highest BCUT2D eigenvalue weighted by atomic mass is 16.5. The molecule has 4 heteroatoms. The predicted molar refractivity (Wildman–Crippen MR) is 64.3 cm³/mol. The zero-order chi connectivity index (χ0) is 12.3. The Bertz CT molecular complexity index is 325. The van der Waals surface area contributed by atoms with Crippen LogP contribution in [0.25, 0.3) is 0 Å². The Morgan fingerprint density at radius 2 is 1.94 bits per heavy atom. The Morgan fingerprint density at radius 1 is 1.31 bits per heavy atom. The van der Waals surface area contributed by atoms with E-state index in [0.29, 0.717) is 18.4 Å². The molecule has 1 unspecified atom stereocenters. The van der Waals surface area contributed by atoms with Gasteiger partial charge in [-0.15, -0.1) is 0 Å². The van der Waals surface area contributed by atoms with Gasteiger partial charge in [-0.25, -0.2) is 0 Å². The van der Waals surface area contributed by atoms with E-state index >= 15 is 0 Å². The van der Waals surface area contributed by atoms with Crippen molar-refractivity contribution in [2.45, 2.75) is 52.9 Å². The molecule has 0 aromatic carbocycles. The van der Waals surface area contributed by atoms with E-state index in [4.69, 9.17) is 10.3 Å². The number of hydrogen-bond acceptors (Lipinski definition) is 4. The molecule has 0 saturated heterocycles. The van der Waals surface area contributed by atoms with Gasteiger partial charge in [-0.1, -0.05) is 39.8 Å². The van der Waals surface area contributed by atoms with Crippen molar-refractivity contribution in [3.63, 3.8) is 0 Å². The average Bonchev–Trinajstić information content (AvgIpc) is 2.61. The molecule has 0 spiro atoms. The lowest BCUT2D eigenvalue weighted by atomic mass is 9.84. The smallest absolute Gasteiger partial charge is 0.231 e. The molecule has 2 N–H and O–H groups in total. The first-order valence-electron chi connectivity index (χ1n) is 5.87. The molecule has 1 aromatic rings. The normalized spacial score (nSPS) is 14.4. The fraction of sp³-hybridized carbons (Fsp3) is 0.833. The van der Waals surface area contributed by atoms with Gasteiger partial charge in [0.25, 0.3) is 0 Å². The molecule has 16 heavy (non-hydrogen) atoms. The fourth-order valence-electron chi connectivity index (χ4n) is 1.66. The fourth-order valence-corrected chi connectivity index (χ4v) is 1.66. The molecular formula is C12H23N3O. The zero-order valence-corrected chi connectivity index (χ0v) is 10.9. The maximum absolute atomic E-state index is 5.77. The first-order valence-corrected chi connectivity index (χ1v) is 5.87. The van der Waals surface area contributed by atoms with E-state index < -0.39 is 0 Å². The Morgan fingerprint density at radius 3 is 2.31 bits per heavy atom. The van der Waals surface area contributed by atoms with Crippen LogP contribution < -0.4 is 5.73 Å². The molecule has 0 bridgehead atoms. The van der Waals surface area contributed by atoms with Crippen LogP contribution in [0.15, 0.2) is 4.52 Å². The predicted octanol–water partition coefficient (Wildman–Crippen LogP) is 2.67. The van der Waals surface area contributed by atoms with Crippen LogP contribution in [0.5, 0.6) is 0 Å². The van der Waals surface area contributed by atoms with E-state index in [1.54, 1.807) is 0 Å². The second-order valence-corrected chi connectivity index (χ2v) is 5.84. The summed E-state index contributed by atoms with van der Waals surface area (Å²) in [7, 11) is 0. The maximum Gasteiger partial charge on any atom is 0.231 e. The summed E-state index contributed by atoms with van der Waals surface area (Å²) in [6, 6.07) is 0. The van der Waals surface area contributed by atoms with Crippen molar-refractivity contribution >= 4 is 0 Å². The van der Waals surface area contributed by atoms with E-state index in [1.807, 2.05) is 0 Å². The molecule has 92 valence electrons. The van der Waals surface area contributed by atoms with Gasteiger partial charge in [0.2, 0.25) is 5.89 Å². The van der Waals surface area contributed by atoms with Crippen molar-refractivity contribution in [2.75, 3.05) is 6.54 Å². The molecule has 4 nitrogen and oxygen atoms in total. The third kappa shape index (κ3) is 3.59. The monoisotopic (exact) mass is 225 g/mol. The first kappa shape index (κ1) is 13.2. The molecule has 0 aliphatic carbocycles. The van der Waals surface area contributed by atoms with Crippen molar-refractivity contribution in [3.05, 3.63) is 11.7 Å². The summed E-state index contributed by atoms with van der Waals surface area (Å²) < 4.78 is 5.28. The molecule has 0 saturated carbocycles. The summed E-state index contributed by atoms with van der Waals surface area (Å²) in [5.74, 6) is 1.91. The molecule has 0 radical (unpaired) electrons. The Kier molecular flexibility index (Phi) is 4.08. The average molecular weight is 225 g/mol. The molecule has 1 aromatic heterocycles. The van der Waals surface area contributed by atoms with Crippen LogP contribution in [-0.2, 0) is 0 Å². The second kappa shape index (κ2) is 4.95. The van der Waals surface area contributed by atoms with Crippen LogP contribution in [0.4, 0.5) is 0 Å². The lowest BCUT2D eigenvalue weighted by Crippen LogP contribution is -2.19. The van der Waals surface area contributed by atoms with Gasteiger partial charge < -0.3 is 10.3 Å². The summed E-state index contributed by atoms with van der Waals surface area (Å²) in [5, 5.41) is 3.97. The molecule has 0 amide bonds. The molecule has 0 aliphatic heterocycles. The van der Waals surface area contributed by atoms with Crippen LogP contribution >= 0.6 is 0 Å². The van der Waals surface area contributed by atoms with Crippen molar-refractivity contribution in [1.29, 1.82) is 0 Å². The van der Waals surface area contributed by atoms with Crippen molar-refractivity contribution in [1.82, 2.24) is 10.1 Å². The number of nitrogens with zero attached hydrogens (tertiary/aromatic N) is 2. The summed E-state index contributed by atoms with van der Waals surface area (Å²) in [4.78, 5) is 4.41. The Balaban J connectivity index is 2.79. The number of hydrogen-bond donors (Lipinski definition) is 1. The van der Waals surface area contributed by atoms with E-state index in [9.17, 15) is 0 Å². The van der Waals surface area contributed by atoms with Gasteiger partial charge in [-0.05, 0) is 11.8 Å². The SMILES string of the molecule is CC(C)c1noc(C(CN)CC(C)(C)C)n1. The van der Waals surface area contributed by atoms with Crippen molar-refractivity contribution in [3.8, 4) is 0 Å². The highest BCUT2D eigenvalue weighted by Crippen LogP contribution is 2.30. The summed E-state index contributed by atoms with van der Waals surface area (Å²) in [6.07, 6.45) is 0.962. The number of aromatic nitrogens is 2. The third-order valence-electron chi connectivity index (χ3n) is 2.47. The van der Waals surface area contributed by atoms with E-state index in [-0.39, 0.29) is 11.3 Å². The van der Waals surface area contributed by atoms with E-state index in [2.05, 4.69) is 44.8 Å². The summed E-state index contributed by atoms with van der Waals surface area (Å²) in [5.41, 5.74) is 5.99. The minimum atomic E-state index is 0.167. The minimum absolute atomic E-state index is 0.167. The van der Waals surface area contributed by atoms with Crippen LogP contribution in [0.3, 0.4) is 0 Å². The highest BCUT2D eigenvalue weighted by Gasteiger charge is 2.24. The molecule has 0 aliphatic rings. The van der Waals surface area contributed by atoms with Gasteiger partial charge in [0.1, 0.15) is 0 Å². The Labute approximate surface area is 97.6 Å². The van der Waals surface area contributed by atoms with Gasteiger partial charge in [-0.2, -0.15) is 4.98 Å². The van der Waals surface area contributed by atoms with Crippen LogP contribution in [0.1, 0.15) is 64.6 Å². The summed E-state index contributed by atoms with van der Waals surface area (Å²) in [6.45, 7) is 11.2. The van der Waals surface area contributed by atoms with Crippen LogP contribution in [0.2, 0.25) is 0 Å². The third-order valence-corrected chi connectivity index (χ3v) is 2.47. The Hall–Kier alpha value is -0.900. The lowest BCUT2D eigenvalue weighted by Gasteiger charge is -2.22.